The number of rotatable bonds is 4. The van der Waals surface area contributed by atoms with Gasteiger partial charge in [0.25, 0.3) is 0 Å². The van der Waals surface area contributed by atoms with Crippen LogP contribution in [0.5, 0.6) is 0 Å². The van der Waals surface area contributed by atoms with E-state index >= 15 is 0 Å². The molecule has 2 rings (SSSR count). The molecule has 4 heteroatoms. The quantitative estimate of drug-likeness (QED) is 0.863. The zero-order chi connectivity index (χ0) is 13.8. The van der Waals surface area contributed by atoms with Crippen LogP contribution < -0.4 is 5.32 Å². The van der Waals surface area contributed by atoms with Gasteiger partial charge in [-0.05, 0) is 52.4 Å². The van der Waals surface area contributed by atoms with E-state index in [2.05, 4.69) is 28.2 Å². The predicted octanol–water partition coefficient (Wildman–Crippen LogP) is 4.39. The molecule has 19 heavy (non-hydrogen) atoms. The minimum absolute atomic E-state index is 0.309. The van der Waals surface area contributed by atoms with Crippen molar-refractivity contribution in [1.82, 2.24) is 0 Å². The molecule has 0 aromatic heterocycles. The van der Waals surface area contributed by atoms with Crippen molar-refractivity contribution >= 4 is 27.6 Å². The lowest BCUT2D eigenvalue weighted by Crippen LogP contribution is -2.24. The SMILES string of the molecule is CC1CCCCC1CNc1ccc(C(=O)O)cc1Br. The Kier molecular flexibility index (Phi) is 4.86. The first-order valence-electron chi connectivity index (χ1n) is 6.84. The van der Waals surface area contributed by atoms with Gasteiger partial charge in [-0.1, -0.05) is 26.2 Å². The van der Waals surface area contributed by atoms with Crippen molar-refractivity contribution in [3.63, 3.8) is 0 Å². The molecule has 0 amide bonds. The summed E-state index contributed by atoms with van der Waals surface area (Å²) >= 11 is 3.43. The van der Waals surface area contributed by atoms with Crippen LogP contribution in [0.2, 0.25) is 0 Å². The first-order valence-corrected chi connectivity index (χ1v) is 7.64. The molecule has 2 N–H and O–H groups in total. The molecular weight excluding hydrogens is 306 g/mol. The van der Waals surface area contributed by atoms with Gasteiger partial charge in [0, 0.05) is 16.7 Å². The number of hydrogen-bond donors (Lipinski definition) is 2. The summed E-state index contributed by atoms with van der Waals surface area (Å²) in [5.41, 5.74) is 1.28. The third-order valence-electron chi connectivity index (χ3n) is 4.06. The van der Waals surface area contributed by atoms with E-state index in [1.54, 1.807) is 12.1 Å². The zero-order valence-corrected chi connectivity index (χ0v) is 12.7. The van der Waals surface area contributed by atoms with E-state index in [1.165, 1.54) is 25.7 Å². The largest absolute Gasteiger partial charge is 0.478 e. The minimum atomic E-state index is -0.895. The lowest BCUT2D eigenvalue weighted by atomic mass is 9.80. The van der Waals surface area contributed by atoms with E-state index in [0.29, 0.717) is 5.56 Å². The maximum absolute atomic E-state index is 10.9. The van der Waals surface area contributed by atoms with Crippen molar-refractivity contribution in [3.8, 4) is 0 Å². The molecule has 0 radical (unpaired) electrons. The van der Waals surface area contributed by atoms with Gasteiger partial charge in [0.15, 0.2) is 0 Å². The highest BCUT2D eigenvalue weighted by molar-refractivity contribution is 9.10. The molecule has 0 heterocycles. The molecular formula is C15H20BrNO2. The van der Waals surface area contributed by atoms with Crippen LogP contribution in [0.25, 0.3) is 0 Å². The first kappa shape index (κ1) is 14.4. The molecule has 0 aliphatic heterocycles. The van der Waals surface area contributed by atoms with Crippen LogP contribution in [-0.2, 0) is 0 Å². The second-order valence-corrected chi connectivity index (χ2v) is 6.26. The Morgan fingerprint density at radius 3 is 2.79 bits per heavy atom. The molecule has 1 saturated carbocycles. The lowest BCUT2D eigenvalue weighted by molar-refractivity contribution is 0.0697. The molecule has 0 spiro atoms. The first-order chi connectivity index (χ1) is 9.08. The fraction of sp³-hybridized carbons (Fsp3) is 0.533. The number of hydrogen-bond acceptors (Lipinski definition) is 2. The van der Waals surface area contributed by atoms with Gasteiger partial charge in [-0.15, -0.1) is 0 Å². The van der Waals surface area contributed by atoms with Gasteiger partial charge in [0.1, 0.15) is 0 Å². The third-order valence-corrected chi connectivity index (χ3v) is 4.72. The van der Waals surface area contributed by atoms with Gasteiger partial charge >= 0.3 is 5.97 Å². The van der Waals surface area contributed by atoms with E-state index in [-0.39, 0.29) is 0 Å². The standard InChI is InChI=1S/C15H20BrNO2/c1-10-4-2-3-5-12(10)9-17-14-7-6-11(15(18)19)8-13(14)16/h6-8,10,12,17H,2-5,9H2,1H3,(H,18,19). The van der Waals surface area contributed by atoms with Gasteiger partial charge in [-0.2, -0.15) is 0 Å². The number of carboxylic acids is 1. The summed E-state index contributed by atoms with van der Waals surface area (Å²) in [5, 5.41) is 12.4. The van der Waals surface area contributed by atoms with Gasteiger partial charge in [-0.25, -0.2) is 4.79 Å². The van der Waals surface area contributed by atoms with Crippen molar-refractivity contribution in [2.45, 2.75) is 32.6 Å². The molecule has 1 aliphatic carbocycles. The summed E-state index contributed by atoms with van der Waals surface area (Å²) < 4.78 is 0.816. The topological polar surface area (TPSA) is 49.3 Å². The molecule has 1 aromatic rings. The highest BCUT2D eigenvalue weighted by Crippen LogP contribution is 2.31. The fourth-order valence-electron chi connectivity index (χ4n) is 2.73. The fourth-order valence-corrected chi connectivity index (χ4v) is 3.25. The number of benzene rings is 1. The molecule has 3 nitrogen and oxygen atoms in total. The molecule has 1 aromatic carbocycles. The molecule has 1 aliphatic rings. The number of carbonyl (C=O) groups is 1. The Morgan fingerprint density at radius 2 is 2.16 bits per heavy atom. The van der Waals surface area contributed by atoms with Crippen molar-refractivity contribution in [2.24, 2.45) is 11.8 Å². The number of aromatic carboxylic acids is 1. The monoisotopic (exact) mass is 325 g/mol. The van der Waals surface area contributed by atoms with Crippen molar-refractivity contribution in [3.05, 3.63) is 28.2 Å². The van der Waals surface area contributed by atoms with Crippen LogP contribution in [0.1, 0.15) is 43.0 Å². The maximum atomic E-state index is 10.9. The van der Waals surface area contributed by atoms with Crippen molar-refractivity contribution < 1.29 is 9.90 Å². The highest BCUT2D eigenvalue weighted by Gasteiger charge is 2.21. The van der Waals surface area contributed by atoms with Crippen LogP contribution in [-0.4, -0.2) is 17.6 Å². The number of halogens is 1. The average Bonchev–Trinajstić information content (AvgIpc) is 2.39. The number of anilines is 1. The second kappa shape index (κ2) is 6.42. The Hall–Kier alpha value is -1.03. The van der Waals surface area contributed by atoms with Crippen LogP contribution in [0, 0.1) is 11.8 Å². The van der Waals surface area contributed by atoms with E-state index in [1.807, 2.05) is 6.07 Å². The van der Waals surface area contributed by atoms with E-state index in [9.17, 15) is 4.79 Å². The van der Waals surface area contributed by atoms with Crippen LogP contribution >= 0.6 is 15.9 Å². The van der Waals surface area contributed by atoms with Gasteiger partial charge in [0.05, 0.1) is 5.56 Å². The summed E-state index contributed by atoms with van der Waals surface area (Å²) in [6, 6.07) is 5.12. The summed E-state index contributed by atoms with van der Waals surface area (Å²) in [7, 11) is 0. The highest BCUT2D eigenvalue weighted by atomic mass is 79.9. The Bertz CT molecular complexity index is 461. The van der Waals surface area contributed by atoms with Crippen molar-refractivity contribution in [2.75, 3.05) is 11.9 Å². The predicted molar refractivity (Wildman–Crippen MR) is 80.7 cm³/mol. The molecule has 2 atom stereocenters. The maximum Gasteiger partial charge on any atom is 0.335 e. The summed E-state index contributed by atoms with van der Waals surface area (Å²) in [4.78, 5) is 10.9. The lowest BCUT2D eigenvalue weighted by Gasteiger charge is -2.29. The third kappa shape index (κ3) is 3.72. The Balaban J connectivity index is 1.97. The molecule has 0 saturated heterocycles. The normalized spacial score (nSPS) is 23.1. The van der Waals surface area contributed by atoms with Crippen LogP contribution in [0.4, 0.5) is 5.69 Å². The minimum Gasteiger partial charge on any atom is -0.478 e. The van der Waals surface area contributed by atoms with E-state index in [0.717, 1.165) is 28.5 Å². The summed E-state index contributed by atoms with van der Waals surface area (Å²) in [6.07, 6.45) is 5.30. The summed E-state index contributed by atoms with van der Waals surface area (Å²) in [6.45, 7) is 3.29. The Labute approximate surface area is 122 Å². The smallest absolute Gasteiger partial charge is 0.335 e. The number of nitrogens with one attached hydrogen (secondary N) is 1. The van der Waals surface area contributed by atoms with Gasteiger partial charge < -0.3 is 10.4 Å². The van der Waals surface area contributed by atoms with E-state index < -0.39 is 5.97 Å². The molecule has 2 unspecified atom stereocenters. The van der Waals surface area contributed by atoms with Crippen LogP contribution in [0.3, 0.4) is 0 Å². The van der Waals surface area contributed by atoms with E-state index in [4.69, 9.17) is 5.11 Å². The van der Waals surface area contributed by atoms with Gasteiger partial charge in [-0.3, -0.25) is 0 Å². The summed E-state index contributed by atoms with van der Waals surface area (Å²) in [5.74, 6) is 0.603. The second-order valence-electron chi connectivity index (χ2n) is 5.40. The number of carboxylic acid groups (broad SMARTS) is 1. The molecule has 0 bridgehead atoms. The average molecular weight is 326 g/mol. The zero-order valence-electron chi connectivity index (χ0n) is 11.2. The molecule has 104 valence electrons. The Morgan fingerprint density at radius 1 is 1.42 bits per heavy atom. The van der Waals surface area contributed by atoms with Gasteiger partial charge in [0.2, 0.25) is 0 Å². The molecule has 1 fully saturated rings. The van der Waals surface area contributed by atoms with Crippen molar-refractivity contribution in [1.29, 1.82) is 0 Å². The van der Waals surface area contributed by atoms with Crippen LogP contribution in [0.15, 0.2) is 22.7 Å².